The summed E-state index contributed by atoms with van der Waals surface area (Å²) in [5.74, 6) is -1.45. The number of halogens is 1. The van der Waals surface area contributed by atoms with E-state index in [0.717, 1.165) is 12.1 Å². The van der Waals surface area contributed by atoms with Gasteiger partial charge < -0.3 is 15.2 Å². The molecule has 1 heterocycles. The zero-order valence-corrected chi connectivity index (χ0v) is 14.7. The number of hydrogen-bond acceptors (Lipinski definition) is 5. The molecule has 0 saturated carbocycles. The molecule has 1 unspecified atom stereocenters. The highest BCUT2D eigenvalue weighted by Crippen LogP contribution is 2.17. The second-order valence-corrected chi connectivity index (χ2v) is 5.98. The Labute approximate surface area is 150 Å². The minimum absolute atomic E-state index is 0.00295. The molecule has 0 saturated heterocycles. The maximum Gasteiger partial charge on any atom is 0.346 e. The van der Waals surface area contributed by atoms with Crippen LogP contribution in [-0.4, -0.2) is 39.6 Å². The van der Waals surface area contributed by atoms with Crippen LogP contribution in [0, 0.1) is 12.7 Å². The number of benzene rings is 1. The molecule has 1 amide bonds. The molecular formula is C18H20FN3O4. The van der Waals surface area contributed by atoms with Crippen molar-refractivity contribution in [1.82, 2.24) is 15.3 Å². The van der Waals surface area contributed by atoms with Crippen LogP contribution in [0.5, 0.6) is 5.75 Å². The number of ether oxygens (including phenoxy) is 1. The largest absolute Gasteiger partial charge is 0.478 e. The van der Waals surface area contributed by atoms with Gasteiger partial charge in [-0.1, -0.05) is 13.8 Å². The molecule has 0 fully saturated rings. The molecule has 0 bridgehead atoms. The van der Waals surface area contributed by atoms with Crippen LogP contribution >= 0.6 is 0 Å². The quantitative estimate of drug-likeness (QED) is 0.785. The topological polar surface area (TPSA) is 101 Å². The number of aliphatic carboxylic acids is 1. The van der Waals surface area contributed by atoms with Gasteiger partial charge in [0.05, 0.1) is 17.8 Å². The van der Waals surface area contributed by atoms with Crippen LogP contribution in [0.2, 0.25) is 0 Å². The number of hydrogen-bond donors (Lipinski definition) is 2. The summed E-state index contributed by atoms with van der Waals surface area (Å²) in [6, 6.07) is 4.95. The van der Waals surface area contributed by atoms with Crippen LogP contribution in [0.3, 0.4) is 0 Å². The van der Waals surface area contributed by atoms with E-state index in [0.29, 0.717) is 11.5 Å². The third-order valence-corrected chi connectivity index (χ3v) is 3.55. The minimum Gasteiger partial charge on any atom is -0.478 e. The van der Waals surface area contributed by atoms with Gasteiger partial charge >= 0.3 is 5.97 Å². The number of carboxylic acids is 1. The summed E-state index contributed by atoms with van der Waals surface area (Å²) in [6.07, 6.45) is 0.0992. The summed E-state index contributed by atoms with van der Waals surface area (Å²) in [5, 5.41) is 11.8. The van der Waals surface area contributed by atoms with Crippen molar-refractivity contribution >= 4 is 11.9 Å². The van der Waals surface area contributed by atoms with Gasteiger partial charge in [-0.2, -0.15) is 0 Å². The van der Waals surface area contributed by atoms with Gasteiger partial charge in [-0.25, -0.2) is 19.2 Å². The van der Waals surface area contributed by atoms with Crippen LogP contribution in [-0.2, 0) is 4.79 Å². The second-order valence-electron chi connectivity index (χ2n) is 5.98. The lowest BCUT2D eigenvalue weighted by Gasteiger charge is -2.17. The van der Waals surface area contributed by atoms with Crippen LogP contribution in [0.4, 0.5) is 4.39 Å². The highest BCUT2D eigenvalue weighted by Gasteiger charge is 2.22. The molecule has 2 N–H and O–H groups in total. The average Bonchev–Trinajstić information content (AvgIpc) is 2.59. The van der Waals surface area contributed by atoms with Gasteiger partial charge in [0.2, 0.25) is 6.10 Å². The van der Waals surface area contributed by atoms with Crippen molar-refractivity contribution in [2.24, 2.45) is 0 Å². The predicted octanol–water partition coefficient (Wildman–Crippen LogP) is 2.31. The molecule has 138 valence electrons. The molecule has 1 atom stereocenters. The molecule has 1 aromatic carbocycles. The van der Waals surface area contributed by atoms with Gasteiger partial charge in [0.15, 0.2) is 0 Å². The number of carbonyl (C=O) groups excluding carboxylic acids is 1. The number of rotatable bonds is 7. The van der Waals surface area contributed by atoms with E-state index in [9.17, 15) is 19.1 Å². The van der Waals surface area contributed by atoms with Crippen LogP contribution in [0.15, 0.2) is 30.5 Å². The lowest BCUT2D eigenvalue weighted by Crippen LogP contribution is -2.40. The standard InChI is InChI=1S/C18H20FN3O4/c1-10(2)16-14(8-20-11(3)22-16)17(23)21-9-15(18(24)25)26-13-6-4-12(19)5-7-13/h4-8,10,15H,9H2,1-3H3,(H,21,23)(H,24,25). The summed E-state index contributed by atoms with van der Waals surface area (Å²) in [6.45, 7) is 5.26. The molecule has 0 radical (unpaired) electrons. The molecule has 26 heavy (non-hydrogen) atoms. The van der Waals surface area contributed by atoms with Gasteiger partial charge in [0.25, 0.3) is 5.91 Å². The average molecular weight is 361 g/mol. The van der Waals surface area contributed by atoms with Crippen molar-refractivity contribution in [2.75, 3.05) is 6.54 Å². The first kappa shape index (κ1) is 19.3. The third-order valence-electron chi connectivity index (χ3n) is 3.55. The number of aromatic nitrogens is 2. The minimum atomic E-state index is -1.32. The zero-order valence-electron chi connectivity index (χ0n) is 14.7. The van der Waals surface area contributed by atoms with E-state index >= 15 is 0 Å². The lowest BCUT2D eigenvalue weighted by molar-refractivity contribution is -0.144. The second kappa shape index (κ2) is 8.37. The van der Waals surface area contributed by atoms with Crippen LogP contribution in [0.25, 0.3) is 0 Å². The van der Waals surface area contributed by atoms with E-state index in [1.54, 1.807) is 6.92 Å². The van der Waals surface area contributed by atoms with Gasteiger partial charge in [-0.15, -0.1) is 0 Å². The SMILES string of the molecule is Cc1ncc(C(=O)NCC(Oc2ccc(F)cc2)C(=O)O)c(C(C)C)n1. The first-order chi connectivity index (χ1) is 12.3. The molecule has 7 nitrogen and oxygen atoms in total. The fraction of sp³-hybridized carbons (Fsp3) is 0.333. The third kappa shape index (κ3) is 4.98. The fourth-order valence-corrected chi connectivity index (χ4v) is 2.24. The van der Waals surface area contributed by atoms with Crippen molar-refractivity contribution in [3.63, 3.8) is 0 Å². The molecule has 0 aliphatic heterocycles. The van der Waals surface area contributed by atoms with E-state index in [1.807, 2.05) is 13.8 Å². The number of carboxylic acid groups (broad SMARTS) is 1. The Morgan fingerprint density at radius 2 is 1.92 bits per heavy atom. The van der Waals surface area contributed by atoms with Crippen molar-refractivity contribution in [1.29, 1.82) is 0 Å². The van der Waals surface area contributed by atoms with Gasteiger partial charge in [-0.3, -0.25) is 4.79 Å². The fourth-order valence-electron chi connectivity index (χ4n) is 2.24. The summed E-state index contributed by atoms with van der Waals surface area (Å²) in [7, 11) is 0. The lowest BCUT2D eigenvalue weighted by atomic mass is 10.0. The molecule has 2 rings (SSSR count). The van der Waals surface area contributed by atoms with E-state index in [4.69, 9.17) is 4.74 Å². The van der Waals surface area contributed by atoms with Gasteiger partial charge in [0, 0.05) is 6.20 Å². The van der Waals surface area contributed by atoms with Crippen molar-refractivity contribution in [2.45, 2.75) is 32.8 Å². The van der Waals surface area contributed by atoms with Crippen molar-refractivity contribution in [3.8, 4) is 5.75 Å². The highest BCUT2D eigenvalue weighted by molar-refractivity contribution is 5.95. The van der Waals surface area contributed by atoms with Crippen LogP contribution < -0.4 is 10.1 Å². The molecule has 0 aliphatic carbocycles. The number of nitrogens with one attached hydrogen (secondary N) is 1. The first-order valence-corrected chi connectivity index (χ1v) is 8.04. The number of carbonyl (C=O) groups is 2. The smallest absolute Gasteiger partial charge is 0.346 e. The summed E-state index contributed by atoms with van der Waals surface area (Å²) >= 11 is 0. The molecule has 1 aromatic heterocycles. The molecule has 0 spiro atoms. The van der Waals surface area contributed by atoms with Crippen LogP contribution in [0.1, 0.15) is 41.6 Å². The highest BCUT2D eigenvalue weighted by atomic mass is 19.1. The van der Waals surface area contributed by atoms with Gasteiger partial charge in [0.1, 0.15) is 17.4 Å². The molecule has 8 heteroatoms. The number of aryl methyl sites for hydroxylation is 1. The first-order valence-electron chi connectivity index (χ1n) is 8.04. The van der Waals surface area contributed by atoms with Crippen molar-refractivity contribution in [3.05, 3.63) is 53.4 Å². The Balaban J connectivity index is 2.08. The Kier molecular flexibility index (Phi) is 6.21. The van der Waals surface area contributed by atoms with E-state index in [-0.39, 0.29) is 23.8 Å². The molecular weight excluding hydrogens is 341 g/mol. The molecule has 0 aliphatic rings. The zero-order chi connectivity index (χ0) is 19.3. The van der Waals surface area contributed by atoms with E-state index in [2.05, 4.69) is 15.3 Å². The van der Waals surface area contributed by atoms with E-state index in [1.165, 1.54) is 18.3 Å². The summed E-state index contributed by atoms with van der Waals surface area (Å²) in [4.78, 5) is 32.1. The Hall–Kier alpha value is -3.03. The maximum atomic E-state index is 12.9. The summed E-state index contributed by atoms with van der Waals surface area (Å²) in [5.41, 5.74) is 0.873. The molecule has 2 aromatic rings. The number of amides is 1. The monoisotopic (exact) mass is 361 g/mol. The van der Waals surface area contributed by atoms with E-state index < -0.39 is 23.8 Å². The predicted molar refractivity (Wildman–Crippen MR) is 91.6 cm³/mol. The number of nitrogens with zero attached hydrogens (tertiary/aromatic N) is 2. The summed E-state index contributed by atoms with van der Waals surface area (Å²) < 4.78 is 18.2. The maximum absolute atomic E-state index is 12.9. The van der Waals surface area contributed by atoms with Crippen molar-refractivity contribution < 1.29 is 23.8 Å². The Morgan fingerprint density at radius 3 is 2.50 bits per heavy atom. The Morgan fingerprint density at radius 1 is 1.27 bits per heavy atom. The van der Waals surface area contributed by atoms with Gasteiger partial charge in [-0.05, 0) is 37.1 Å². The Bertz CT molecular complexity index is 794. The normalized spacial score (nSPS) is 11.9.